The first kappa shape index (κ1) is 23.2. The van der Waals surface area contributed by atoms with E-state index in [0.29, 0.717) is 54.5 Å². The number of hydrogen-bond donors (Lipinski definition) is 0. The molecule has 35 heavy (non-hydrogen) atoms. The summed E-state index contributed by atoms with van der Waals surface area (Å²) in [6.45, 7) is 2.17. The van der Waals surface area contributed by atoms with Crippen molar-refractivity contribution in [2.24, 2.45) is 0 Å². The molecule has 1 atom stereocenters. The molecule has 7 heteroatoms. The predicted octanol–water partition coefficient (Wildman–Crippen LogP) is 5.00. The quantitative estimate of drug-likeness (QED) is 0.434. The standard InChI is InChI=1S/C28H28FNO5/c29-25-9-2-1-6-21(25)12-14-33-23-7-3-5-20(15-23)17-30(18-24-8-4-13-32-24)28(31)22-10-11-26-27(16-22)35-19-34-26/h1-3,5-7,9-11,15-16,24H,4,8,12-14,17-19H2/t24-/m1/s1. The van der Waals surface area contributed by atoms with E-state index < -0.39 is 0 Å². The van der Waals surface area contributed by atoms with Crippen molar-refractivity contribution in [3.05, 3.63) is 89.2 Å². The highest BCUT2D eigenvalue weighted by atomic mass is 19.1. The van der Waals surface area contributed by atoms with Gasteiger partial charge in [-0.15, -0.1) is 0 Å². The van der Waals surface area contributed by atoms with Crippen LogP contribution in [0.3, 0.4) is 0 Å². The lowest BCUT2D eigenvalue weighted by Gasteiger charge is -2.26. The fourth-order valence-electron chi connectivity index (χ4n) is 4.40. The van der Waals surface area contributed by atoms with E-state index in [1.165, 1.54) is 6.07 Å². The van der Waals surface area contributed by atoms with Gasteiger partial charge in [0, 0.05) is 31.7 Å². The molecule has 1 saturated heterocycles. The van der Waals surface area contributed by atoms with Crippen LogP contribution in [-0.2, 0) is 17.7 Å². The van der Waals surface area contributed by atoms with E-state index in [9.17, 15) is 9.18 Å². The van der Waals surface area contributed by atoms with E-state index in [1.807, 2.05) is 35.2 Å². The van der Waals surface area contributed by atoms with Crippen molar-refractivity contribution >= 4 is 5.91 Å². The summed E-state index contributed by atoms with van der Waals surface area (Å²) in [6, 6.07) is 19.7. The number of carbonyl (C=O) groups is 1. The zero-order valence-electron chi connectivity index (χ0n) is 19.5. The molecule has 0 bridgehead atoms. The molecule has 1 amide bonds. The van der Waals surface area contributed by atoms with Crippen LogP contribution in [0, 0.1) is 5.82 Å². The lowest BCUT2D eigenvalue weighted by atomic mass is 10.1. The highest BCUT2D eigenvalue weighted by molar-refractivity contribution is 5.95. The third-order valence-electron chi connectivity index (χ3n) is 6.22. The summed E-state index contributed by atoms with van der Waals surface area (Å²) in [5.74, 6) is 1.60. The van der Waals surface area contributed by atoms with E-state index in [0.717, 1.165) is 25.0 Å². The Kier molecular flexibility index (Phi) is 7.14. The first-order valence-electron chi connectivity index (χ1n) is 11.9. The van der Waals surface area contributed by atoms with Gasteiger partial charge in [-0.3, -0.25) is 4.79 Å². The molecule has 1 fully saturated rings. The zero-order chi connectivity index (χ0) is 24.0. The minimum absolute atomic E-state index is 0.0214. The molecule has 182 valence electrons. The van der Waals surface area contributed by atoms with Gasteiger partial charge >= 0.3 is 0 Å². The van der Waals surface area contributed by atoms with Crippen LogP contribution in [0.25, 0.3) is 0 Å². The number of hydrogen-bond acceptors (Lipinski definition) is 5. The number of carbonyl (C=O) groups excluding carboxylic acids is 1. The van der Waals surface area contributed by atoms with Crippen LogP contribution < -0.4 is 14.2 Å². The number of ether oxygens (including phenoxy) is 4. The molecule has 0 spiro atoms. The largest absolute Gasteiger partial charge is 0.493 e. The Morgan fingerprint density at radius 1 is 1.03 bits per heavy atom. The van der Waals surface area contributed by atoms with Crippen molar-refractivity contribution in [2.75, 3.05) is 26.6 Å². The summed E-state index contributed by atoms with van der Waals surface area (Å²) >= 11 is 0. The second-order valence-electron chi connectivity index (χ2n) is 8.73. The third-order valence-corrected chi connectivity index (χ3v) is 6.22. The Morgan fingerprint density at radius 2 is 1.91 bits per heavy atom. The molecule has 3 aromatic rings. The maximum absolute atomic E-state index is 13.9. The zero-order valence-corrected chi connectivity index (χ0v) is 19.5. The summed E-state index contributed by atoms with van der Waals surface area (Å²) in [5, 5.41) is 0. The summed E-state index contributed by atoms with van der Waals surface area (Å²) in [6.07, 6.45) is 2.43. The van der Waals surface area contributed by atoms with Gasteiger partial charge in [-0.05, 0) is 60.4 Å². The molecule has 2 aliphatic heterocycles. The Balaban J connectivity index is 1.28. The molecular formula is C28H28FNO5. The maximum Gasteiger partial charge on any atom is 0.254 e. The van der Waals surface area contributed by atoms with Crippen LogP contribution in [0.5, 0.6) is 17.2 Å². The second-order valence-corrected chi connectivity index (χ2v) is 8.73. The van der Waals surface area contributed by atoms with Crippen LogP contribution in [0.1, 0.15) is 34.3 Å². The molecule has 2 heterocycles. The Morgan fingerprint density at radius 3 is 2.77 bits per heavy atom. The van der Waals surface area contributed by atoms with Gasteiger partial charge in [0.05, 0.1) is 12.7 Å². The van der Waals surface area contributed by atoms with Crippen LogP contribution in [0.2, 0.25) is 0 Å². The molecule has 0 N–H and O–H groups in total. The Labute approximate surface area is 204 Å². The van der Waals surface area contributed by atoms with Gasteiger partial charge in [0.25, 0.3) is 5.91 Å². The van der Waals surface area contributed by atoms with E-state index in [4.69, 9.17) is 18.9 Å². The fourth-order valence-corrected chi connectivity index (χ4v) is 4.40. The number of nitrogens with zero attached hydrogens (tertiary/aromatic N) is 1. The third kappa shape index (κ3) is 5.74. The number of benzene rings is 3. The lowest BCUT2D eigenvalue weighted by Crippen LogP contribution is -2.37. The molecule has 2 aliphatic rings. The lowest BCUT2D eigenvalue weighted by molar-refractivity contribution is 0.0507. The van der Waals surface area contributed by atoms with Crippen molar-refractivity contribution < 1.29 is 28.1 Å². The topological polar surface area (TPSA) is 57.2 Å². The van der Waals surface area contributed by atoms with Gasteiger partial charge < -0.3 is 23.8 Å². The maximum atomic E-state index is 13.9. The van der Waals surface area contributed by atoms with Gasteiger partial charge in [0.15, 0.2) is 11.5 Å². The number of halogens is 1. The van der Waals surface area contributed by atoms with E-state index in [-0.39, 0.29) is 24.6 Å². The second kappa shape index (κ2) is 10.8. The van der Waals surface area contributed by atoms with Crippen LogP contribution >= 0.6 is 0 Å². The molecule has 6 nitrogen and oxygen atoms in total. The molecule has 5 rings (SSSR count). The highest BCUT2D eigenvalue weighted by Crippen LogP contribution is 2.33. The molecule has 3 aromatic carbocycles. The van der Waals surface area contributed by atoms with Crippen LogP contribution in [0.4, 0.5) is 4.39 Å². The first-order valence-corrected chi connectivity index (χ1v) is 11.9. The minimum atomic E-state index is -0.225. The molecule has 0 radical (unpaired) electrons. The summed E-state index contributed by atoms with van der Waals surface area (Å²) < 4.78 is 36.4. The van der Waals surface area contributed by atoms with E-state index in [1.54, 1.807) is 30.3 Å². The van der Waals surface area contributed by atoms with Gasteiger partial charge in [-0.2, -0.15) is 0 Å². The average Bonchev–Trinajstić information content (AvgIpc) is 3.56. The van der Waals surface area contributed by atoms with Crippen LogP contribution in [-0.4, -0.2) is 43.5 Å². The van der Waals surface area contributed by atoms with Crippen molar-refractivity contribution in [1.82, 2.24) is 4.90 Å². The molecule has 0 saturated carbocycles. The Hall–Kier alpha value is -3.58. The summed E-state index contributed by atoms with van der Waals surface area (Å²) in [7, 11) is 0. The number of rotatable bonds is 9. The predicted molar refractivity (Wildman–Crippen MR) is 128 cm³/mol. The van der Waals surface area contributed by atoms with Gasteiger partial charge in [-0.1, -0.05) is 30.3 Å². The Bertz CT molecular complexity index is 1180. The number of fused-ring (bicyclic) bond motifs is 1. The van der Waals surface area contributed by atoms with Crippen molar-refractivity contribution in [3.63, 3.8) is 0 Å². The normalized spacial score (nSPS) is 16.3. The first-order chi connectivity index (χ1) is 17.2. The molecular weight excluding hydrogens is 449 g/mol. The average molecular weight is 478 g/mol. The molecule has 0 unspecified atom stereocenters. The van der Waals surface area contributed by atoms with Crippen molar-refractivity contribution in [1.29, 1.82) is 0 Å². The van der Waals surface area contributed by atoms with E-state index in [2.05, 4.69) is 0 Å². The van der Waals surface area contributed by atoms with Gasteiger partial charge in [0.1, 0.15) is 11.6 Å². The SMILES string of the molecule is O=C(c1ccc2c(c1)OCO2)N(Cc1cccc(OCCc2ccccc2F)c1)C[C@H]1CCCO1. The van der Waals surface area contributed by atoms with Crippen molar-refractivity contribution in [3.8, 4) is 17.2 Å². The van der Waals surface area contributed by atoms with Gasteiger partial charge in [-0.25, -0.2) is 4.39 Å². The van der Waals surface area contributed by atoms with Crippen molar-refractivity contribution in [2.45, 2.75) is 31.9 Å². The highest BCUT2D eigenvalue weighted by Gasteiger charge is 2.25. The summed E-state index contributed by atoms with van der Waals surface area (Å²) in [5.41, 5.74) is 2.12. The molecule has 0 aliphatic carbocycles. The monoisotopic (exact) mass is 477 g/mol. The fraction of sp³-hybridized carbons (Fsp3) is 0.321. The van der Waals surface area contributed by atoms with E-state index >= 15 is 0 Å². The molecule has 0 aromatic heterocycles. The van der Waals surface area contributed by atoms with Gasteiger partial charge in [0.2, 0.25) is 6.79 Å². The minimum Gasteiger partial charge on any atom is -0.493 e. The summed E-state index contributed by atoms with van der Waals surface area (Å²) in [4.78, 5) is 15.3. The number of amides is 1. The van der Waals surface area contributed by atoms with Crippen LogP contribution in [0.15, 0.2) is 66.7 Å². The smallest absolute Gasteiger partial charge is 0.254 e.